The summed E-state index contributed by atoms with van der Waals surface area (Å²) in [5.41, 5.74) is -0.236. The molecule has 12 heteroatoms. The van der Waals surface area contributed by atoms with Crippen LogP contribution in [-0.4, -0.2) is 50.7 Å². The number of rotatable bonds is 4. The number of nitrogens with zero attached hydrogens (tertiary/aromatic N) is 3. The van der Waals surface area contributed by atoms with Crippen LogP contribution >= 0.6 is 0 Å². The molecule has 0 unspecified atom stereocenters. The molecule has 2 heterocycles. The van der Waals surface area contributed by atoms with E-state index in [1.807, 2.05) is 0 Å². The Morgan fingerprint density at radius 1 is 1.40 bits per heavy atom. The third kappa shape index (κ3) is 2.55. The van der Waals surface area contributed by atoms with E-state index in [-0.39, 0.29) is 11.2 Å². The summed E-state index contributed by atoms with van der Waals surface area (Å²) in [4.78, 5) is 25.0. The Morgan fingerprint density at radius 3 is 2.75 bits per heavy atom. The fraction of sp³-hybridized carbons (Fsp3) is 0.250. The van der Waals surface area contributed by atoms with Gasteiger partial charge in [0, 0.05) is 0 Å². The summed E-state index contributed by atoms with van der Waals surface area (Å²) in [5.74, 6) is -1.31. The van der Waals surface area contributed by atoms with E-state index >= 15 is 0 Å². The molecule has 0 bridgehead atoms. The van der Waals surface area contributed by atoms with E-state index in [0.717, 1.165) is 6.33 Å². The Labute approximate surface area is 109 Å². The van der Waals surface area contributed by atoms with E-state index in [0.29, 0.717) is 0 Å². The number of fused-ring (bicyclic) bond motifs is 1. The normalized spacial score (nSPS) is 12.6. The third-order valence-corrected chi connectivity index (χ3v) is 3.04. The van der Waals surface area contributed by atoms with Crippen LogP contribution in [0.5, 0.6) is 0 Å². The van der Waals surface area contributed by atoms with Crippen molar-refractivity contribution in [2.24, 2.45) is 0 Å². The van der Waals surface area contributed by atoms with E-state index in [2.05, 4.69) is 24.7 Å². The van der Waals surface area contributed by atoms with Crippen molar-refractivity contribution in [3.8, 4) is 0 Å². The first-order chi connectivity index (χ1) is 9.22. The quantitative estimate of drug-likeness (QED) is 0.594. The van der Waals surface area contributed by atoms with Crippen molar-refractivity contribution in [1.29, 1.82) is 0 Å². The Kier molecular flexibility index (Phi) is 3.35. The molecule has 0 fully saturated rings. The third-order valence-electron chi connectivity index (χ3n) is 2.17. The van der Waals surface area contributed by atoms with Crippen molar-refractivity contribution < 1.29 is 31.3 Å². The number of hydrogen-bond acceptors (Lipinski definition) is 7. The maximum Gasteiger partial charge on any atom is 0.402 e. The van der Waals surface area contributed by atoms with Gasteiger partial charge in [-0.05, 0) is 0 Å². The monoisotopic (exact) mass is 308 g/mol. The van der Waals surface area contributed by atoms with Crippen LogP contribution in [-0.2, 0) is 14.9 Å². The second-order valence-electron chi connectivity index (χ2n) is 3.51. The molecule has 0 amide bonds. The molecule has 0 saturated carbocycles. The molecule has 108 valence electrons. The molecule has 2 N–H and O–H groups in total. The van der Waals surface area contributed by atoms with Gasteiger partial charge >= 0.3 is 21.3 Å². The number of hydrogen-bond donors (Lipinski definition) is 2. The first kappa shape index (κ1) is 14.2. The minimum atomic E-state index is -5.68. The lowest BCUT2D eigenvalue weighted by Gasteiger charge is -2.12. The molecule has 2 aromatic rings. The summed E-state index contributed by atoms with van der Waals surface area (Å²) in [6.45, 7) is -1.84. The number of carbonyl (C=O) groups is 1. The van der Waals surface area contributed by atoms with Crippen molar-refractivity contribution in [2.45, 2.75) is 5.25 Å². The van der Waals surface area contributed by atoms with Crippen LogP contribution in [0.2, 0.25) is 0 Å². The van der Waals surface area contributed by atoms with Gasteiger partial charge in [0.25, 0.3) is 0 Å². The SMILES string of the molecule is O=C(OCC(F)(F)S(=O)(=O)O)c1ncnc2nc[nH]c12. The highest BCUT2D eigenvalue weighted by Crippen LogP contribution is 2.21. The van der Waals surface area contributed by atoms with Gasteiger partial charge in [0.1, 0.15) is 11.8 Å². The maximum absolute atomic E-state index is 12.9. The fourth-order valence-corrected chi connectivity index (χ4v) is 1.42. The van der Waals surface area contributed by atoms with Crippen LogP contribution in [0.4, 0.5) is 8.78 Å². The Bertz CT molecular complexity index is 759. The number of esters is 1. The lowest BCUT2D eigenvalue weighted by molar-refractivity contribution is -0.00976. The van der Waals surface area contributed by atoms with Crippen LogP contribution in [0, 0.1) is 0 Å². The van der Waals surface area contributed by atoms with Gasteiger partial charge in [-0.2, -0.15) is 17.2 Å². The molecule has 0 aliphatic heterocycles. The molecule has 0 spiro atoms. The van der Waals surface area contributed by atoms with Crippen LogP contribution < -0.4 is 0 Å². The van der Waals surface area contributed by atoms with Gasteiger partial charge in [-0.3, -0.25) is 4.55 Å². The first-order valence-corrected chi connectivity index (χ1v) is 6.32. The van der Waals surface area contributed by atoms with Gasteiger partial charge in [0.15, 0.2) is 17.9 Å². The molecule has 0 aromatic carbocycles. The highest BCUT2D eigenvalue weighted by Gasteiger charge is 2.45. The maximum atomic E-state index is 12.9. The zero-order valence-corrected chi connectivity index (χ0v) is 10.3. The molecule has 0 saturated heterocycles. The summed E-state index contributed by atoms with van der Waals surface area (Å²) in [5, 5.41) is -4.61. The summed E-state index contributed by atoms with van der Waals surface area (Å²) >= 11 is 0. The number of H-pyrrole nitrogens is 1. The van der Waals surface area contributed by atoms with Crippen LogP contribution in [0.1, 0.15) is 10.5 Å². The van der Waals surface area contributed by atoms with Crippen molar-refractivity contribution in [2.75, 3.05) is 6.61 Å². The second kappa shape index (κ2) is 4.72. The van der Waals surface area contributed by atoms with Gasteiger partial charge in [0.2, 0.25) is 0 Å². The number of aromatic nitrogens is 4. The molecule has 2 rings (SSSR count). The molecule has 0 aliphatic rings. The van der Waals surface area contributed by atoms with E-state index in [4.69, 9.17) is 4.55 Å². The standard InChI is InChI=1S/C8H6F2N4O5S/c9-8(10,20(16,17)18)1-19-7(15)5-4-6(13-2-11-4)14-3-12-5/h2-3H,1H2,(H,16,17,18)(H,11,12,13,14). The predicted octanol–water partition coefficient (Wildman–Crippen LogP) is -0.00970. The molecule has 0 aliphatic carbocycles. The Hall–Kier alpha value is -2.21. The number of nitrogens with one attached hydrogen (secondary N) is 1. The van der Waals surface area contributed by atoms with E-state index < -0.39 is 33.6 Å². The van der Waals surface area contributed by atoms with Crippen LogP contribution in [0.25, 0.3) is 11.2 Å². The van der Waals surface area contributed by atoms with Gasteiger partial charge in [-0.15, -0.1) is 0 Å². The van der Waals surface area contributed by atoms with Crippen molar-refractivity contribution in [3.63, 3.8) is 0 Å². The number of imidazole rings is 1. The van der Waals surface area contributed by atoms with Crippen molar-refractivity contribution in [3.05, 3.63) is 18.3 Å². The minimum absolute atomic E-state index is 0.0488. The van der Waals surface area contributed by atoms with E-state index in [1.54, 1.807) is 0 Å². The summed E-state index contributed by atoms with van der Waals surface area (Å²) in [6.07, 6.45) is 2.16. The molecular formula is C8H6F2N4O5S. The largest absolute Gasteiger partial charge is 0.453 e. The summed E-state index contributed by atoms with van der Waals surface area (Å²) in [6, 6.07) is 0. The number of halogens is 2. The smallest absolute Gasteiger partial charge is 0.402 e. The van der Waals surface area contributed by atoms with Gasteiger partial charge in [0.05, 0.1) is 6.33 Å². The van der Waals surface area contributed by atoms with Crippen molar-refractivity contribution in [1.82, 2.24) is 19.9 Å². The van der Waals surface area contributed by atoms with Gasteiger partial charge in [-0.25, -0.2) is 19.7 Å². The highest BCUT2D eigenvalue weighted by atomic mass is 32.2. The lowest BCUT2D eigenvalue weighted by Crippen LogP contribution is -2.34. The average molecular weight is 308 g/mol. The summed E-state index contributed by atoms with van der Waals surface area (Å²) < 4.78 is 58.9. The molecule has 0 radical (unpaired) electrons. The molecule has 0 atom stereocenters. The fourth-order valence-electron chi connectivity index (χ4n) is 1.21. The Morgan fingerprint density at radius 2 is 2.10 bits per heavy atom. The molecular weight excluding hydrogens is 302 g/mol. The zero-order chi connectivity index (χ0) is 15.0. The zero-order valence-electron chi connectivity index (χ0n) is 9.45. The summed E-state index contributed by atoms with van der Waals surface area (Å²) in [7, 11) is -5.68. The van der Waals surface area contributed by atoms with Gasteiger partial charge in [-0.1, -0.05) is 0 Å². The van der Waals surface area contributed by atoms with E-state index in [9.17, 15) is 22.0 Å². The first-order valence-electron chi connectivity index (χ1n) is 4.88. The Balaban J connectivity index is 2.20. The van der Waals surface area contributed by atoms with Crippen LogP contribution in [0.15, 0.2) is 12.7 Å². The van der Waals surface area contributed by atoms with Crippen LogP contribution in [0.3, 0.4) is 0 Å². The lowest BCUT2D eigenvalue weighted by atomic mass is 10.3. The van der Waals surface area contributed by atoms with Gasteiger partial charge < -0.3 is 9.72 Å². The topological polar surface area (TPSA) is 135 Å². The number of alkyl halides is 2. The number of carbonyl (C=O) groups excluding carboxylic acids is 1. The van der Waals surface area contributed by atoms with E-state index in [1.165, 1.54) is 6.33 Å². The number of ether oxygens (including phenoxy) is 1. The predicted molar refractivity (Wildman–Crippen MR) is 58.5 cm³/mol. The number of aromatic amines is 1. The highest BCUT2D eigenvalue weighted by molar-refractivity contribution is 7.86. The molecule has 20 heavy (non-hydrogen) atoms. The molecule has 2 aromatic heterocycles. The molecule has 9 nitrogen and oxygen atoms in total. The minimum Gasteiger partial charge on any atom is -0.453 e. The second-order valence-corrected chi connectivity index (χ2v) is 5.06. The average Bonchev–Trinajstić information content (AvgIpc) is 2.82. The van der Waals surface area contributed by atoms with Crippen molar-refractivity contribution >= 4 is 27.3 Å².